The first-order valence-electron chi connectivity index (χ1n) is 5.76. The Bertz CT molecular complexity index is 531. The van der Waals surface area contributed by atoms with E-state index in [1.54, 1.807) is 0 Å². The number of rotatable bonds is 5. The second kappa shape index (κ2) is 5.71. The molecule has 0 bridgehead atoms. The number of aliphatic carboxylic acids is 1. The van der Waals surface area contributed by atoms with Crippen molar-refractivity contribution in [1.82, 2.24) is 9.88 Å². The molecule has 6 nitrogen and oxygen atoms in total. The number of terminal acetylenes is 1. The lowest BCUT2D eigenvalue weighted by Crippen LogP contribution is -2.39. The second-order valence-electron chi connectivity index (χ2n) is 4.24. The molecule has 0 aromatic carbocycles. The van der Waals surface area contributed by atoms with E-state index in [4.69, 9.17) is 11.5 Å². The predicted octanol–water partition coefficient (Wildman–Crippen LogP) is 1.57. The number of hydrogen-bond acceptors (Lipinski definition) is 4. The van der Waals surface area contributed by atoms with Crippen molar-refractivity contribution < 1.29 is 14.7 Å². The molecule has 1 fully saturated rings. The molecule has 19 heavy (non-hydrogen) atoms. The minimum absolute atomic E-state index is 0.0566. The van der Waals surface area contributed by atoms with E-state index in [1.807, 2.05) is 5.38 Å². The summed E-state index contributed by atoms with van der Waals surface area (Å²) < 4.78 is 0. The summed E-state index contributed by atoms with van der Waals surface area (Å²) in [5, 5.41) is 13.7. The third-order valence-corrected chi connectivity index (χ3v) is 3.40. The normalized spacial score (nSPS) is 13.6. The van der Waals surface area contributed by atoms with E-state index >= 15 is 0 Å². The van der Waals surface area contributed by atoms with Gasteiger partial charge in [0.15, 0.2) is 5.13 Å². The highest BCUT2D eigenvalue weighted by Gasteiger charge is 2.26. The summed E-state index contributed by atoms with van der Waals surface area (Å²) in [7, 11) is 0. The van der Waals surface area contributed by atoms with Crippen LogP contribution in [0.5, 0.6) is 0 Å². The zero-order valence-electron chi connectivity index (χ0n) is 10.1. The molecule has 1 saturated carbocycles. The van der Waals surface area contributed by atoms with Crippen LogP contribution in [0.3, 0.4) is 0 Å². The van der Waals surface area contributed by atoms with E-state index in [2.05, 4.69) is 16.2 Å². The third kappa shape index (κ3) is 3.69. The molecule has 1 heterocycles. The van der Waals surface area contributed by atoms with Gasteiger partial charge in [0.1, 0.15) is 6.54 Å². The van der Waals surface area contributed by atoms with Gasteiger partial charge < -0.3 is 10.0 Å². The quantitative estimate of drug-likeness (QED) is 0.801. The number of thiazole rings is 1. The van der Waals surface area contributed by atoms with Crippen LogP contribution in [0.2, 0.25) is 0 Å². The Hall–Kier alpha value is -2.07. The molecular weight excluding hydrogens is 266 g/mol. The van der Waals surface area contributed by atoms with Crippen LogP contribution in [0, 0.1) is 12.3 Å². The van der Waals surface area contributed by atoms with E-state index in [-0.39, 0.29) is 6.54 Å². The number of urea groups is 1. The van der Waals surface area contributed by atoms with Crippen LogP contribution < -0.4 is 5.32 Å². The maximum Gasteiger partial charge on any atom is 0.324 e. The first kappa shape index (κ1) is 13.4. The Morgan fingerprint density at radius 3 is 2.95 bits per heavy atom. The van der Waals surface area contributed by atoms with Crippen molar-refractivity contribution >= 4 is 28.5 Å². The van der Waals surface area contributed by atoms with E-state index in [0.29, 0.717) is 11.0 Å². The zero-order chi connectivity index (χ0) is 13.8. The molecule has 0 atom stereocenters. The molecular formula is C12H13N3O3S. The molecule has 7 heteroatoms. The summed E-state index contributed by atoms with van der Waals surface area (Å²) in [5.74, 6) is 1.67. The molecule has 2 N–H and O–H groups in total. The Morgan fingerprint density at radius 2 is 2.37 bits per heavy atom. The maximum atomic E-state index is 11.9. The number of carboxylic acids is 1. The van der Waals surface area contributed by atoms with Crippen molar-refractivity contribution in [1.29, 1.82) is 0 Å². The van der Waals surface area contributed by atoms with Crippen molar-refractivity contribution in [3.05, 3.63) is 11.1 Å². The lowest BCUT2D eigenvalue weighted by Gasteiger charge is -2.17. The molecule has 2 rings (SSSR count). The number of nitrogens with one attached hydrogen (secondary N) is 1. The summed E-state index contributed by atoms with van der Waals surface area (Å²) in [6, 6.07) is -0.544. The van der Waals surface area contributed by atoms with E-state index < -0.39 is 18.5 Å². The van der Waals surface area contributed by atoms with E-state index in [1.165, 1.54) is 11.3 Å². The minimum atomic E-state index is -1.11. The largest absolute Gasteiger partial charge is 0.480 e. The maximum absolute atomic E-state index is 11.9. The fourth-order valence-corrected chi connectivity index (χ4v) is 2.34. The van der Waals surface area contributed by atoms with Gasteiger partial charge in [-0.2, -0.15) is 0 Å². The molecule has 0 unspecified atom stereocenters. The number of anilines is 1. The first-order valence-corrected chi connectivity index (χ1v) is 6.64. The number of hydrogen-bond donors (Lipinski definition) is 2. The monoisotopic (exact) mass is 279 g/mol. The highest BCUT2D eigenvalue weighted by atomic mass is 32.1. The molecule has 0 spiro atoms. The highest BCUT2D eigenvalue weighted by molar-refractivity contribution is 7.13. The standard InChI is InChI=1S/C12H13N3O3S/c1-2-5-15(6-10(16)17)12(18)14-11-13-9(7-19-11)8-3-4-8/h1,7-8H,3-6H2,(H,16,17)(H,13,14,18). The van der Waals surface area contributed by atoms with Gasteiger partial charge in [-0.05, 0) is 12.8 Å². The van der Waals surface area contributed by atoms with Crippen LogP contribution in [0.15, 0.2) is 5.38 Å². The minimum Gasteiger partial charge on any atom is -0.480 e. The molecule has 2 amide bonds. The van der Waals surface area contributed by atoms with Gasteiger partial charge in [-0.15, -0.1) is 17.8 Å². The summed E-state index contributed by atoms with van der Waals surface area (Å²) in [4.78, 5) is 27.8. The van der Waals surface area contributed by atoms with Crippen LogP contribution in [0.25, 0.3) is 0 Å². The van der Waals surface area contributed by atoms with Crippen molar-refractivity contribution in [3.63, 3.8) is 0 Å². The molecule has 0 radical (unpaired) electrons. The molecule has 1 aromatic heterocycles. The van der Waals surface area contributed by atoms with Gasteiger partial charge in [0.05, 0.1) is 12.2 Å². The van der Waals surface area contributed by atoms with Gasteiger partial charge in [-0.1, -0.05) is 5.92 Å². The van der Waals surface area contributed by atoms with Gasteiger partial charge >= 0.3 is 12.0 Å². The Balaban J connectivity index is 1.96. The average molecular weight is 279 g/mol. The zero-order valence-corrected chi connectivity index (χ0v) is 10.9. The van der Waals surface area contributed by atoms with Crippen LogP contribution in [0.1, 0.15) is 24.5 Å². The van der Waals surface area contributed by atoms with Crippen LogP contribution in [-0.2, 0) is 4.79 Å². The fourth-order valence-electron chi connectivity index (χ4n) is 1.55. The lowest BCUT2D eigenvalue weighted by molar-refractivity contribution is -0.137. The van der Waals surface area contributed by atoms with E-state index in [0.717, 1.165) is 23.4 Å². The van der Waals surface area contributed by atoms with Crippen molar-refractivity contribution in [2.75, 3.05) is 18.4 Å². The smallest absolute Gasteiger partial charge is 0.324 e. The Labute approximate surface area is 114 Å². The van der Waals surface area contributed by atoms with Crippen LogP contribution in [-0.4, -0.2) is 40.1 Å². The molecule has 1 aliphatic carbocycles. The van der Waals surface area contributed by atoms with Crippen molar-refractivity contribution in [2.45, 2.75) is 18.8 Å². The average Bonchev–Trinajstić information content (AvgIpc) is 3.09. The van der Waals surface area contributed by atoms with Crippen LogP contribution >= 0.6 is 11.3 Å². The molecule has 1 aliphatic rings. The number of nitrogens with zero attached hydrogens (tertiary/aromatic N) is 2. The molecule has 0 aliphatic heterocycles. The van der Waals surface area contributed by atoms with Gasteiger partial charge in [0.25, 0.3) is 0 Å². The topological polar surface area (TPSA) is 82.5 Å². The summed E-state index contributed by atoms with van der Waals surface area (Å²) >= 11 is 1.33. The number of aromatic nitrogens is 1. The number of amides is 2. The van der Waals surface area contributed by atoms with E-state index in [9.17, 15) is 9.59 Å². The molecule has 100 valence electrons. The van der Waals surface area contributed by atoms with Crippen LogP contribution in [0.4, 0.5) is 9.93 Å². The summed E-state index contributed by atoms with van der Waals surface area (Å²) in [6.07, 6.45) is 7.39. The number of carboxylic acid groups (broad SMARTS) is 1. The second-order valence-corrected chi connectivity index (χ2v) is 5.09. The van der Waals surface area contributed by atoms with Gasteiger partial charge in [0.2, 0.25) is 0 Å². The number of carbonyl (C=O) groups is 2. The lowest BCUT2D eigenvalue weighted by atomic mass is 10.3. The van der Waals surface area contributed by atoms with Crippen molar-refractivity contribution in [2.24, 2.45) is 0 Å². The Kier molecular flexibility index (Phi) is 4.02. The Morgan fingerprint density at radius 1 is 1.63 bits per heavy atom. The van der Waals surface area contributed by atoms with Gasteiger partial charge in [0, 0.05) is 11.3 Å². The van der Waals surface area contributed by atoms with Gasteiger partial charge in [-0.25, -0.2) is 9.78 Å². The van der Waals surface area contributed by atoms with Gasteiger partial charge in [-0.3, -0.25) is 10.1 Å². The third-order valence-electron chi connectivity index (χ3n) is 2.63. The fraction of sp³-hybridized carbons (Fsp3) is 0.417. The first-order chi connectivity index (χ1) is 9.10. The summed E-state index contributed by atoms with van der Waals surface area (Å²) in [5.41, 5.74) is 0.988. The number of carbonyl (C=O) groups excluding carboxylic acids is 1. The highest BCUT2D eigenvalue weighted by Crippen LogP contribution is 2.40. The summed E-state index contributed by atoms with van der Waals surface area (Å²) in [6.45, 7) is -0.490. The predicted molar refractivity (Wildman–Crippen MR) is 71.1 cm³/mol. The molecule has 0 saturated heterocycles. The molecule has 1 aromatic rings. The van der Waals surface area contributed by atoms with Crippen molar-refractivity contribution in [3.8, 4) is 12.3 Å². The SMILES string of the molecule is C#CCN(CC(=O)O)C(=O)Nc1nc(C2CC2)cs1.